The van der Waals surface area contributed by atoms with Crippen LogP contribution < -0.4 is 0 Å². The third-order valence-electron chi connectivity index (χ3n) is 2.92. The number of nitrogens with zero attached hydrogens (tertiary/aromatic N) is 3. The lowest BCUT2D eigenvalue weighted by Crippen LogP contribution is -2.02. The first-order chi connectivity index (χ1) is 9.24. The SMILES string of the molecule is S=c1[nH]c2cc(Br)cnc2n1CCc1cccnc1. The first-order valence-electron chi connectivity index (χ1n) is 5.87. The zero-order chi connectivity index (χ0) is 13.2. The molecule has 3 aromatic heterocycles. The second-order valence-corrected chi connectivity index (χ2v) is 5.52. The lowest BCUT2D eigenvalue weighted by atomic mass is 10.2. The summed E-state index contributed by atoms with van der Waals surface area (Å²) in [4.78, 5) is 11.7. The van der Waals surface area contributed by atoms with Crippen molar-refractivity contribution in [2.24, 2.45) is 0 Å². The summed E-state index contributed by atoms with van der Waals surface area (Å²) in [5, 5.41) is 0. The molecule has 0 spiro atoms. The highest BCUT2D eigenvalue weighted by molar-refractivity contribution is 9.10. The van der Waals surface area contributed by atoms with E-state index in [-0.39, 0.29) is 0 Å². The molecule has 3 heterocycles. The van der Waals surface area contributed by atoms with Gasteiger partial charge in [-0.25, -0.2) is 4.98 Å². The second-order valence-electron chi connectivity index (χ2n) is 4.22. The van der Waals surface area contributed by atoms with Gasteiger partial charge in [0, 0.05) is 29.6 Å². The Morgan fingerprint density at radius 1 is 1.37 bits per heavy atom. The maximum Gasteiger partial charge on any atom is 0.179 e. The molecule has 1 N–H and O–H groups in total. The summed E-state index contributed by atoms with van der Waals surface area (Å²) in [5.74, 6) is 0. The van der Waals surface area contributed by atoms with Crippen molar-refractivity contribution in [1.29, 1.82) is 0 Å². The van der Waals surface area contributed by atoms with Gasteiger partial charge >= 0.3 is 0 Å². The van der Waals surface area contributed by atoms with Crippen molar-refractivity contribution in [3.8, 4) is 0 Å². The summed E-state index contributed by atoms with van der Waals surface area (Å²) in [6, 6.07) is 5.99. The Bertz CT molecular complexity index is 763. The van der Waals surface area contributed by atoms with Crippen LogP contribution in [0.3, 0.4) is 0 Å². The number of fused-ring (bicyclic) bond motifs is 1. The van der Waals surface area contributed by atoms with E-state index in [0.717, 1.165) is 28.6 Å². The average Bonchev–Trinajstić information content (AvgIpc) is 2.72. The molecule has 19 heavy (non-hydrogen) atoms. The van der Waals surface area contributed by atoms with E-state index in [1.807, 2.05) is 22.9 Å². The summed E-state index contributed by atoms with van der Waals surface area (Å²) >= 11 is 8.76. The van der Waals surface area contributed by atoms with Gasteiger partial charge in [-0.2, -0.15) is 0 Å². The fraction of sp³-hybridized carbons (Fsp3) is 0.154. The number of aryl methyl sites for hydroxylation is 2. The lowest BCUT2D eigenvalue weighted by Gasteiger charge is -2.03. The van der Waals surface area contributed by atoms with Crippen LogP contribution in [0.1, 0.15) is 5.56 Å². The molecule has 0 atom stereocenters. The van der Waals surface area contributed by atoms with E-state index in [9.17, 15) is 0 Å². The van der Waals surface area contributed by atoms with Gasteiger partial charge in [0.1, 0.15) is 0 Å². The third-order valence-corrected chi connectivity index (χ3v) is 3.68. The van der Waals surface area contributed by atoms with Gasteiger partial charge in [-0.1, -0.05) is 6.07 Å². The molecule has 0 radical (unpaired) electrons. The molecule has 0 unspecified atom stereocenters. The first kappa shape index (κ1) is 12.5. The van der Waals surface area contributed by atoms with Gasteiger partial charge in [0.05, 0.1) is 5.52 Å². The minimum atomic E-state index is 0.699. The van der Waals surface area contributed by atoms with Gasteiger partial charge < -0.3 is 9.55 Å². The topological polar surface area (TPSA) is 46.5 Å². The number of hydrogen-bond donors (Lipinski definition) is 1. The molecule has 0 bridgehead atoms. The van der Waals surface area contributed by atoms with Crippen molar-refractivity contribution >= 4 is 39.3 Å². The number of imidazole rings is 1. The molecule has 96 valence electrons. The maximum atomic E-state index is 5.35. The van der Waals surface area contributed by atoms with Crippen LogP contribution in [0.5, 0.6) is 0 Å². The van der Waals surface area contributed by atoms with E-state index in [1.54, 1.807) is 12.4 Å². The highest BCUT2D eigenvalue weighted by Crippen LogP contribution is 2.17. The van der Waals surface area contributed by atoms with Gasteiger partial charge in [-0.15, -0.1) is 0 Å². The first-order valence-corrected chi connectivity index (χ1v) is 7.07. The summed E-state index contributed by atoms with van der Waals surface area (Å²) in [7, 11) is 0. The Hall–Kier alpha value is -1.53. The molecule has 3 rings (SSSR count). The van der Waals surface area contributed by atoms with E-state index in [0.29, 0.717) is 4.77 Å². The highest BCUT2D eigenvalue weighted by Gasteiger charge is 2.06. The van der Waals surface area contributed by atoms with Crippen molar-refractivity contribution in [3.05, 3.63) is 51.6 Å². The van der Waals surface area contributed by atoms with Gasteiger partial charge in [0.2, 0.25) is 0 Å². The standard InChI is InChI=1S/C13H11BrN4S/c14-10-6-11-12(16-8-10)18(13(19)17-11)5-3-9-2-1-4-15-7-9/h1-2,4,6-8H,3,5H2,(H,17,19). The third kappa shape index (κ3) is 2.59. The molecule has 0 aliphatic rings. The largest absolute Gasteiger partial charge is 0.329 e. The van der Waals surface area contributed by atoms with E-state index < -0.39 is 0 Å². The Morgan fingerprint density at radius 2 is 2.26 bits per heavy atom. The molecule has 0 aromatic carbocycles. The van der Waals surface area contributed by atoms with E-state index in [4.69, 9.17) is 12.2 Å². The van der Waals surface area contributed by atoms with Gasteiger partial charge in [-0.3, -0.25) is 4.98 Å². The van der Waals surface area contributed by atoms with Gasteiger partial charge in [0.15, 0.2) is 10.4 Å². The predicted molar refractivity (Wildman–Crippen MR) is 80.6 cm³/mol. The van der Waals surface area contributed by atoms with E-state index in [2.05, 4.69) is 36.9 Å². The molecule has 6 heteroatoms. The van der Waals surface area contributed by atoms with Crippen LogP contribution in [-0.4, -0.2) is 19.5 Å². The molecule has 4 nitrogen and oxygen atoms in total. The van der Waals surface area contributed by atoms with Gasteiger partial charge in [-0.05, 0) is 52.3 Å². The Labute approximate surface area is 123 Å². The average molecular weight is 335 g/mol. The Morgan fingerprint density at radius 3 is 3.05 bits per heavy atom. The number of halogens is 1. The molecule has 0 amide bonds. The van der Waals surface area contributed by atoms with E-state index in [1.165, 1.54) is 5.56 Å². The number of nitrogens with one attached hydrogen (secondary N) is 1. The fourth-order valence-electron chi connectivity index (χ4n) is 2.01. The number of aromatic amines is 1. The van der Waals surface area contributed by atoms with Crippen molar-refractivity contribution < 1.29 is 0 Å². The molecular formula is C13H11BrN4S. The zero-order valence-electron chi connectivity index (χ0n) is 10.0. The zero-order valence-corrected chi connectivity index (χ0v) is 12.4. The molecule has 0 saturated carbocycles. The molecule has 0 aliphatic carbocycles. The van der Waals surface area contributed by atoms with Crippen LogP contribution in [0.25, 0.3) is 11.2 Å². The summed E-state index contributed by atoms with van der Waals surface area (Å²) < 4.78 is 3.66. The summed E-state index contributed by atoms with van der Waals surface area (Å²) in [6.45, 7) is 0.791. The minimum absolute atomic E-state index is 0.699. The Balaban J connectivity index is 1.93. The van der Waals surface area contributed by atoms with Crippen LogP contribution in [0.4, 0.5) is 0 Å². The number of aromatic nitrogens is 4. The lowest BCUT2D eigenvalue weighted by molar-refractivity contribution is 0.699. The number of pyridine rings is 2. The monoisotopic (exact) mass is 334 g/mol. The summed E-state index contributed by atoms with van der Waals surface area (Å²) in [6.07, 6.45) is 6.32. The van der Waals surface area contributed by atoms with Crippen LogP contribution in [0, 0.1) is 4.77 Å². The van der Waals surface area contributed by atoms with Gasteiger partial charge in [0.25, 0.3) is 0 Å². The van der Waals surface area contributed by atoms with Crippen LogP contribution in [0.15, 0.2) is 41.3 Å². The molecule has 3 aromatic rings. The fourth-order valence-corrected chi connectivity index (χ4v) is 2.63. The van der Waals surface area contributed by atoms with E-state index >= 15 is 0 Å². The highest BCUT2D eigenvalue weighted by atomic mass is 79.9. The molecular weight excluding hydrogens is 324 g/mol. The quantitative estimate of drug-likeness (QED) is 0.745. The number of rotatable bonds is 3. The maximum absolute atomic E-state index is 5.35. The number of H-pyrrole nitrogens is 1. The predicted octanol–water partition coefficient (Wildman–Crippen LogP) is 3.49. The second kappa shape index (κ2) is 5.22. The molecule has 0 fully saturated rings. The van der Waals surface area contributed by atoms with Crippen LogP contribution in [-0.2, 0) is 13.0 Å². The smallest absolute Gasteiger partial charge is 0.179 e. The Kier molecular flexibility index (Phi) is 3.44. The molecule has 0 aliphatic heterocycles. The van der Waals surface area contributed by atoms with Crippen LogP contribution >= 0.6 is 28.1 Å². The van der Waals surface area contributed by atoms with Crippen molar-refractivity contribution in [2.75, 3.05) is 0 Å². The summed E-state index contributed by atoms with van der Waals surface area (Å²) in [5.41, 5.74) is 3.03. The number of hydrogen-bond acceptors (Lipinski definition) is 3. The minimum Gasteiger partial charge on any atom is -0.329 e. The van der Waals surface area contributed by atoms with Crippen LogP contribution in [0.2, 0.25) is 0 Å². The van der Waals surface area contributed by atoms with Crippen molar-refractivity contribution in [2.45, 2.75) is 13.0 Å². The normalized spacial score (nSPS) is 11.0. The van der Waals surface area contributed by atoms with Crippen molar-refractivity contribution in [1.82, 2.24) is 19.5 Å². The van der Waals surface area contributed by atoms with Crippen molar-refractivity contribution in [3.63, 3.8) is 0 Å². The molecule has 0 saturated heterocycles.